The molecule has 0 amide bonds. The monoisotopic (exact) mass is 374 g/mol. The van der Waals surface area contributed by atoms with Gasteiger partial charge in [0.2, 0.25) is 0 Å². The van der Waals surface area contributed by atoms with Gasteiger partial charge in [-0.3, -0.25) is 0 Å². The molecule has 0 unspecified atom stereocenters. The molecule has 0 aliphatic carbocycles. The van der Waals surface area contributed by atoms with Crippen molar-refractivity contribution in [2.24, 2.45) is 0 Å². The summed E-state index contributed by atoms with van der Waals surface area (Å²) in [5, 5.41) is 3.78. The van der Waals surface area contributed by atoms with E-state index >= 15 is 0 Å². The average Bonchev–Trinajstić information content (AvgIpc) is 2.73. The van der Waals surface area contributed by atoms with Crippen LogP contribution in [0.5, 0.6) is 5.75 Å². The van der Waals surface area contributed by atoms with Crippen LogP contribution in [0.15, 0.2) is 78.9 Å². The Labute approximate surface area is 162 Å². The number of fused-ring (bicyclic) bond motifs is 2. The zero-order valence-corrected chi connectivity index (χ0v) is 15.2. The molecule has 0 atom stereocenters. The van der Waals surface area contributed by atoms with E-state index in [4.69, 9.17) is 9.47 Å². The van der Waals surface area contributed by atoms with E-state index in [0.29, 0.717) is 24.3 Å². The number of carbonyl (C=O) groups is 1. The Morgan fingerprint density at radius 2 is 1.39 bits per heavy atom. The third kappa shape index (κ3) is 3.81. The summed E-state index contributed by atoms with van der Waals surface area (Å²) in [6, 6.07) is 23.6. The fraction of sp³-hybridized carbons (Fsp3) is 0.125. The van der Waals surface area contributed by atoms with E-state index in [-0.39, 0.29) is 18.4 Å². The maximum Gasteiger partial charge on any atom is 0.339 e. The molecule has 4 aromatic carbocycles. The molecule has 4 rings (SSSR count). The van der Waals surface area contributed by atoms with Crippen LogP contribution in [0.3, 0.4) is 0 Å². The van der Waals surface area contributed by atoms with Gasteiger partial charge in [0.25, 0.3) is 0 Å². The SMILES string of the molecule is O=C(OCCCOc1ccc(F)cc1)c1c2ccccc2cc2ccccc12. The summed E-state index contributed by atoms with van der Waals surface area (Å²) in [5.74, 6) is -0.0499. The Morgan fingerprint density at radius 3 is 2.04 bits per heavy atom. The molecule has 0 N–H and O–H groups in total. The van der Waals surface area contributed by atoms with Crippen molar-refractivity contribution >= 4 is 27.5 Å². The highest BCUT2D eigenvalue weighted by Gasteiger charge is 2.16. The van der Waals surface area contributed by atoms with Gasteiger partial charge < -0.3 is 9.47 Å². The molecular weight excluding hydrogens is 355 g/mol. The number of esters is 1. The third-order valence-electron chi connectivity index (χ3n) is 4.58. The predicted octanol–water partition coefficient (Wildman–Crippen LogP) is 5.76. The lowest BCUT2D eigenvalue weighted by Gasteiger charge is -2.12. The van der Waals surface area contributed by atoms with Crippen molar-refractivity contribution < 1.29 is 18.7 Å². The number of rotatable bonds is 6. The first kappa shape index (κ1) is 18.0. The molecule has 0 fully saturated rings. The van der Waals surface area contributed by atoms with Crippen molar-refractivity contribution in [3.8, 4) is 5.75 Å². The van der Waals surface area contributed by atoms with Crippen molar-refractivity contribution in [3.05, 3.63) is 90.2 Å². The second-order valence-electron chi connectivity index (χ2n) is 6.49. The Hall–Kier alpha value is -3.40. The van der Waals surface area contributed by atoms with Crippen LogP contribution in [0.1, 0.15) is 16.8 Å². The second kappa shape index (κ2) is 8.09. The van der Waals surface area contributed by atoms with Crippen LogP contribution in [-0.2, 0) is 4.74 Å². The number of carbonyl (C=O) groups excluding carboxylic acids is 1. The van der Waals surface area contributed by atoms with Crippen LogP contribution in [0.25, 0.3) is 21.5 Å². The lowest BCUT2D eigenvalue weighted by Crippen LogP contribution is -2.10. The highest BCUT2D eigenvalue weighted by molar-refractivity contribution is 6.16. The standard InChI is InChI=1S/C24H19FO3/c25-19-10-12-20(13-11-19)27-14-5-15-28-24(26)23-21-8-3-1-6-17(21)16-18-7-2-4-9-22(18)23/h1-4,6-13,16H,5,14-15H2. The zero-order chi connectivity index (χ0) is 19.3. The molecule has 4 aromatic rings. The average molecular weight is 374 g/mol. The smallest absolute Gasteiger partial charge is 0.339 e. The van der Waals surface area contributed by atoms with Crippen LogP contribution >= 0.6 is 0 Å². The fourth-order valence-corrected chi connectivity index (χ4v) is 3.25. The zero-order valence-electron chi connectivity index (χ0n) is 15.2. The van der Waals surface area contributed by atoms with E-state index < -0.39 is 0 Å². The molecule has 0 aliphatic heterocycles. The number of benzene rings is 4. The van der Waals surface area contributed by atoms with Crippen LogP contribution in [-0.4, -0.2) is 19.2 Å². The van der Waals surface area contributed by atoms with Gasteiger partial charge in [0.05, 0.1) is 18.8 Å². The molecule has 140 valence electrons. The first-order valence-corrected chi connectivity index (χ1v) is 9.18. The van der Waals surface area contributed by atoms with E-state index in [1.807, 2.05) is 48.5 Å². The van der Waals surface area contributed by atoms with E-state index in [9.17, 15) is 9.18 Å². The van der Waals surface area contributed by atoms with Crippen molar-refractivity contribution in [1.29, 1.82) is 0 Å². The summed E-state index contributed by atoms with van der Waals surface area (Å²) < 4.78 is 23.9. The van der Waals surface area contributed by atoms with Gasteiger partial charge in [-0.1, -0.05) is 48.5 Å². The van der Waals surface area contributed by atoms with E-state index in [1.54, 1.807) is 12.1 Å². The van der Waals surface area contributed by atoms with Gasteiger partial charge in [-0.05, 0) is 51.9 Å². The number of halogens is 1. The minimum atomic E-state index is -0.338. The van der Waals surface area contributed by atoms with Crippen LogP contribution < -0.4 is 4.74 Å². The minimum absolute atomic E-state index is 0.248. The van der Waals surface area contributed by atoms with Gasteiger partial charge in [-0.2, -0.15) is 0 Å². The Balaban J connectivity index is 1.45. The van der Waals surface area contributed by atoms with Crippen LogP contribution in [0.4, 0.5) is 4.39 Å². The van der Waals surface area contributed by atoms with Gasteiger partial charge in [-0.25, -0.2) is 9.18 Å². The van der Waals surface area contributed by atoms with Crippen molar-refractivity contribution in [2.45, 2.75) is 6.42 Å². The van der Waals surface area contributed by atoms with Gasteiger partial charge in [-0.15, -0.1) is 0 Å². The minimum Gasteiger partial charge on any atom is -0.493 e. The summed E-state index contributed by atoms with van der Waals surface area (Å²) >= 11 is 0. The Morgan fingerprint density at radius 1 is 0.786 bits per heavy atom. The molecule has 0 saturated carbocycles. The van der Waals surface area contributed by atoms with Gasteiger partial charge in [0, 0.05) is 6.42 Å². The highest BCUT2D eigenvalue weighted by atomic mass is 19.1. The lowest BCUT2D eigenvalue weighted by atomic mass is 9.97. The van der Waals surface area contributed by atoms with Gasteiger partial charge in [0.15, 0.2) is 0 Å². The summed E-state index contributed by atoms with van der Waals surface area (Å²) in [6.45, 7) is 0.632. The molecule has 0 aliphatic rings. The maximum atomic E-state index is 12.9. The lowest BCUT2D eigenvalue weighted by molar-refractivity contribution is 0.0490. The molecule has 0 radical (unpaired) electrons. The van der Waals surface area contributed by atoms with E-state index in [2.05, 4.69) is 6.07 Å². The molecule has 28 heavy (non-hydrogen) atoms. The number of hydrogen-bond donors (Lipinski definition) is 0. The third-order valence-corrected chi connectivity index (χ3v) is 4.58. The van der Waals surface area contributed by atoms with Gasteiger partial charge in [0.1, 0.15) is 11.6 Å². The maximum absolute atomic E-state index is 12.9. The fourth-order valence-electron chi connectivity index (χ4n) is 3.25. The molecule has 0 saturated heterocycles. The van der Waals surface area contributed by atoms with Crippen molar-refractivity contribution in [2.75, 3.05) is 13.2 Å². The summed E-state index contributed by atoms with van der Waals surface area (Å²) in [5.41, 5.74) is 0.591. The Bertz CT molecular complexity index is 1070. The normalized spacial score (nSPS) is 10.9. The molecular formula is C24H19FO3. The highest BCUT2D eigenvalue weighted by Crippen LogP contribution is 2.29. The largest absolute Gasteiger partial charge is 0.493 e. The molecule has 0 bridgehead atoms. The van der Waals surface area contributed by atoms with Crippen LogP contribution in [0, 0.1) is 5.82 Å². The van der Waals surface area contributed by atoms with Crippen molar-refractivity contribution in [1.82, 2.24) is 0 Å². The van der Waals surface area contributed by atoms with Crippen LogP contribution in [0.2, 0.25) is 0 Å². The topological polar surface area (TPSA) is 35.5 Å². The van der Waals surface area contributed by atoms with Gasteiger partial charge >= 0.3 is 5.97 Å². The molecule has 0 aromatic heterocycles. The molecule has 0 spiro atoms. The van der Waals surface area contributed by atoms with Crippen molar-refractivity contribution in [3.63, 3.8) is 0 Å². The second-order valence-corrected chi connectivity index (χ2v) is 6.49. The quantitative estimate of drug-likeness (QED) is 0.245. The predicted molar refractivity (Wildman–Crippen MR) is 108 cm³/mol. The summed E-state index contributed by atoms with van der Waals surface area (Å²) in [4.78, 5) is 12.8. The number of ether oxygens (including phenoxy) is 2. The van der Waals surface area contributed by atoms with E-state index in [0.717, 1.165) is 21.5 Å². The van der Waals surface area contributed by atoms with E-state index in [1.165, 1.54) is 12.1 Å². The molecule has 0 heterocycles. The summed E-state index contributed by atoms with van der Waals surface area (Å²) in [7, 11) is 0. The first-order valence-electron chi connectivity index (χ1n) is 9.18. The number of hydrogen-bond acceptors (Lipinski definition) is 3. The molecule has 4 heteroatoms. The molecule has 3 nitrogen and oxygen atoms in total. The first-order chi connectivity index (χ1) is 13.7. The summed E-state index contributed by atoms with van der Waals surface area (Å²) in [6.07, 6.45) is 0.547. The Kier molecular flexibility index (Phi) is 5.20.